The summed E-state index contributed by atoms with van der Waals surface area (Å²) in [7, 11) is 1.63. The van der Waals surface area contributed by atoms with Crippen LogP contribution in [-0.2, 0) is 0 Å². The zero-order valence-corrected chi connectivity index (χ0v) is 11.8. The second-order valence-corrected chi connectivity index (χ2v) is 5.23. The van der Waals surface area contributed by atoms with Crippen LogP contribution in [0.5, 0.6) is 17.2 Å². The number of fused-ring (bicyclic) bond motifs is 1. The zero-order valence-electron chi connectivity index (χ0n) is 11.0. The molecule has 1 aromatic rings. The Morgan fingerprint density at radius 2 is 2.00 bits per heavy atom. The molecule has 0 aliphatic carbocycles. The molecule has 2 aliphatic heterocycles. The maximum atomic E-state index is 6.50. The van der Waals surface area contributed by atoms with Crippen molar-refractivity contribution in [2.24, 2.45) is 0 Å². The van der Waals surface area contributed by atoms with Crippen LogP contribution in [0.4, 0.5) is 0 Å². The summed E-state index contributed by atoms with van der Waals surface area (Å²) in [5, 5.41) is 4.03. The van der Waals surface area contributed by atoms with Crippen molar-refractivity contribution in [1.82, 2.24) is 5.32 Å². The largest absolute Gasteiger partial charge is 0.495 e. The van der Waals surface area contributed by atoms with Crippen molar-refractivity contribution in [1.29, 1.82) is 0 Å². The Bertz CT molecular complexity index is 472. The Morgan fingerprint density at radius 1 is 1.26 bits per heavy atom. The molecule has 0 saturated carbocycles. The van der Waals surface area contributed by atoms with E-state index in [1.54, 1.807) is 7.11 Å². The summed E-state index contributed by atoms with van der Waals surface area (Å²) >= 11 is 6.50. The van der Waals surface area contributed by atoms with Crippen molar-refractivity contribution in [3.8, 4) is 17.2 Å². The van der Waals surface area contributed by atoms with E-state index >= 15 is 0 Å². The minimum Gasteiger partial charge on any atom is -0.495 e. The van der Waals surface area contributed by atoms with Gasteiger partial charge in [-0.3, -0.25) is 0 Å². The Morgan fingerprint density at radius 3 is 2.74 bits per heavy atom. The molecule has 2 aliphatic rings. The molecule has 0 amide bonds. The SMILES string of the molecule is COc1cc2c(c(C3CCNCC3)c1Cl)OCCO2. The van der Waals surface area contributed by atoms with Crippen LogP contribution in [0.15, 0.2) is 6.07 Å². The smallest absolute Gasteiger partial charge is 0.166 e. The standard InChI is InChI=1S/C14H18ClNO3/c1-17-10-8-11-14(19-7-6-18-11)12(13(10)15)9-2-4-16-5-3-9/h8-9,16H,2-7H2,1H3. The molecular weight excluding hydrogens is 266 g/mol. The molecule has 1 fully saturated rings. The third-order valence-electron chi connectivity index (χ3n) is 3.74. The average Bonchev–Trinajstić information content (AvgIpc) is 2.47. The van der Waals surface area contributed by atoms with Gasteiger partial charge >= 0.3 is 0 Å². The van der Waals surface area contributed by atoms with Crippen LogP contribution in [0, 0.1) is 0 Å². The van der Waals surface area contributed by atoms with Crippen molar-refractivity contribution >= 4 is 11.6 Å². The van der Waals surface area contributed by atoms with Gasteiger partial charge in [-0.15, -0.1) is 0 Å². The number of hydrogen-bond acceptors (Lipinski definition) is 4. The third kappa shape index (κ3) is 2.35. The van der Waals surface area contributed by atoms with Crippen LogP contribution in [0.3, 0.4) is 0 Å². The van der Waals surface area contributed by atoms with Crippen molar-refractivity contribution < 1.29 is 14.2 Å². The van der Waals surface area contributed by atoms with E-state index in [4.69, 9.17) is 25.8 Å². The molecule has 3 rings (SSSR count). The first-order valence-electron chi connectivity index (χ1n) is 6.68. The summed E-state index contributed by atoms with van der Waals surface area (Å²) in [5.41, 5.74) is 1.05. The number of hydrogen-bond donors (Lipinski definition) is 1. The predicted molar refractivity (Wildman–Crippen MR) is 73.8 cm³/mol. The third-order valence-corrected chi connectivity index (χ3v) is 4.13. The van der Waals surface area contributed by atoms with E-state index in [-0.39, 0.29) is 0 Å². The summed E-state index contributed by atoms with van der Waals surface area (Å²) in [5.74, 6) is 2.63. The molecule has 2 heterocycles. The number of benzene rings is 1. The van der Waals surface area contributed by atoms with E-state index in [0.717, 1.165) is 43.0 Å². The first kappa shape index (κ1) is 12.9. The summed E-state index contributed by atoms with van der Waals surface area (Å²) < 4.78 is 16.8. The molecule has 5 heteroatoms. The van der Waals surface area contributed by atoms with E-state index in [1.807, 2.05) is 6.07 Å². The first-order chi connectivity index (χ1) is 9.31. The topological polar surface area (TPSA) is 39.7 Å². The van der Waals surface area contributed by atoms with E-state index < -0.39 is 0 Å². The molecule has 0 atom stereocenters. The average molecular weight is 284 g/mol. The number of halogens is 1. The Hall–Kier alpha value is -1.13. The van der Waals surface area contributed by atoms with Gasteiger partial charge in [-0.1, -0.05) is 11.6 Å². The molecule has 0 unspecified atom stereocenters. The molecule has 1 N–H and O–H groups in total. The van der Waals surface area contributed by atoms with Crippen LogP contribution in [0.25, 0.3) is 0 Å². The molecule has 1 saturated heterocycles. The van der Waals surface area contributed by atoms with Gasteiger partial charge in [0.05, 0.1) is 12.1 Å². The zero-order chi connectivity index (χ0) is 13.2. The molecule has 0 spiro atoms. The van der Waals surface area contributed by atoms with E-state index in [9.17, 15) is 0 Å². The molecule has 0 bridgehead atoms. The van der Waals surface area contributed by atoms with Crippen LogP contribution in [0.2, 0.25) is 5.02 Å². The Kier molecular flexibility index (Phi) is 3.71. The summed E-state index contributed by atoms with van der Waals surface area (Å²) in [6, 6.07) is 1.82. The Labute approximate surface area is 118 Å². The number of methoxy groups -OCH3 is 1. The van der Waals surface area contributed by atoms with Gasteiger partial charge < -0.3 is 19.5 Å². The molecule has 0 radical (unpaired) electrons. The second-order valence-electron chi connectivity index (χ2n) is 4.85. The number of piperidine rings is 1. The molecular formula is C14H18ClNO3. The van der Waals surface area contributed by atoms with E-state index in [2.05, 4.69) is 5.32 Å². The minimum atomic E-state index is 0.402. The van der Waals surface area contributed by atoms with Gasteiger partial charge in [-0.25, -0.2) is 0 Å². The van der Waals surface area contributed by atoms with Gasteiger partial charge in [0.15, 0.2) is 11.5 Å². The monoisotopic (exact) mass is 283 g/mol. The van der Waals surface area contributed by atoms with Crippen molar-refractivity contribution in [3.63, 3.8) is 0 Å². The highest BCUT2D eigenvalue weighted by Crippen LogP contribution is 2.48. The number of rotatable bonds is 2. The second kappa shape index (κ2) is 5.47. The molecule has 4 nitrogen and oxygen atoms in total. The molecule has 1 aromatic carbocycles. The van der Waals surface area contributed by atoms with Crippen LogP contribution >= 0.6 is 11.6 Å². The van der Waals surface area contributed by atoms with Crippen LogP contribution < -0.4 is 19.5 Å². The first-order valence-corrected chi connectivity index (χ1v) is 7.05. The maximum Gasteiger partial charge on any atom is 0.166 e. The Balaban J connectivity index is 2.08. The molecule has 0 aromatic heterocycles. The van der Waals surface area contributed by atoms with Gasteiger partial charge in [0, 0.05) is 11.6 Å². The van der Waals surface area contributed by atoms with Gasteiger partial charge in [0.2, 0.25) is 0 Å². The van der Waals surface area contributed by atoms with Crippen molar-refractivity contribution in [2.75, 3.05) is 33.4 Å². The quantitative estimate of drug-likeness (QED) is 0.906. The molecule has 104 valence electrons. The summed E-state index contributed by atoms with van der Waals surface area (Å²) in [6.07, 6.45) is 2.12. The van der Waals surface area contributed by atoms with E-state index in [1.165, 1.54) is 0 Å². The molecule has 19 heavy (non-hydrogen) atoms. The fourth-order valence-electron chi connectivity index (χ4n) is 2.79. The summed E-state index contributed by atoms with van der Waals surface area (Å²) in [6.45, 7) is 3.17. The summed E-state index contributed by atoms with van der Waals surface area (Å²) in [4.78, 5) is 0. The lowest BCUT2D eigenvalue weighted by atomic mass is 9.89. The van der Waals surface area contributed by atoms with Gasteiger partial charge in [-0.2, -0.15) is 0 Å². The lowest BCUT2D eigenvalue weighted by molar-refractivity contribution is 0.167. The van der Waals surface area contributed by atoms with E-state index in [0.29, 0.717) is 29.9 Å². The minimum absolute atomic E-state index is 0.402. The van der Waals surface area contributed by atoms with Crippen LogP contribution in [-0.4, -0.2) is 33.4 Å². The number of nitrogens with one attached hydrogen (secondary N) is 1. The number of ether oxygens (including phenoxy) is 3. The van der Waals surface area contributed by atoms with Gasteiger partial charge in [0.1, 0.15) is 19.0 Å². The highest BCUT2D eigenvalue weighted by atomic mass is 35.5. The van der Waals surface area contributed by atoms with Gasteiger partial charge in [-0.05, 0) is 31.8 Å². The van der Waals surface area contributed by atoms with Crippen molar-refractivity contribution in [2.45, 2.75) is 18.8 Å². The fourth-order valence-corrected chi connectivity index (χ4v) is 3.16. The lowest BCUT2D eigenvalue weighted by Crippen LogP contribution is -2.27. The van der Waals surface area contributed by atoms with Crippen molar-refractivity contribution in [3.05, 3.63) is 16.7 Å². The normalized spacial score (nSPS) is 19.3. The van der Waals surface area contributed by atoms with Crippen LogP contribution in [0.1, 0.15) is 24.3 Å². The van der Waals surface area contributed by atoms with Gasteiger partial charge in [0.25, 0.3) is 0 Å². The highest BCUT2D eigenvalue weighted by molar-refractivity contribution is 6.33. The highest BCUT2D eigenvalue weighted by Gasteiger charge is 2.28. The fraction of sp³-hybridized carbons (Fsp3) is 0.571. The predicted octanol–water partition coefficient (Wildman–Crippen LogP) is 2.59. The maximum absolute atomic E-state index is 6.50. The lowest BCUT2D eigenvalue weighted by Gasteiger charge is -2.29.